The van der Waals surface area contributed by atoms with Crippen molar-refractivity contribution in [1.82, 2.24) is 15.1 Å². The number of carbonyl (C=O) groups is 2. The molecule has 2 heterocycles. The summed E-state index contributed by atoms with van der Waals surface area (Å²) < 4.78 is 6.79. The van der Waals surface area contributed by atoms with Crippen LogP contribution in [0.25, 0.3) is 5.69 Å². The van der Waals surface area contributed by atoms with E-state index in [-0.39, 0.29) is 12.5 Å². The molecule has 0 bridgehead atoms. The Labute approximate surface area is 172 Å². The molecule has 146 valence electrons. The maximum Gasteiger partial charge on any atom is 0.338 e. The zero-order chi connectivity index (χ0) is 20.1. The summed E-state index contributed by atoms with van der Waals surface area (Å²) in [4.78, 5) is 25.1. The van der Waals surface area contributed by atoms with Crippen LogP contribution in [0.3, 0.4) is 0 Å². The van der Waals surface area contributed by atoms with E-state index < -0.39 is 5.97 Å². The number of aromatic nitrogens is 2. The van der Waals surface area contributed by atoms with Crippen LogP contribution in [0.2, 0.25) is 5.02 Å². The van der Waals surface area contributed by atoms with Crippen LogP contribution in [0.4, 0.5) is 0 Å². The van der Waals surface area contributed by atoms with Gasteiger partial charge in [-0.05, 0) is 56.0 Å². The van der Waals surface area contributed by atoms with E-state index in [9.17, 15) is 9.59 Å². The van der Waals surface area contributed by atoms with Gasteiger partial charge in [-0.25, -0.2) is 9.48 Å². The lowest BCUT2D eigenvalue weighted by Gasteiger charge is -2.08. The van der Waals surface area contributed by atoms with Gasteiger partial charge < -0.3 is 10.1 Å². The molecule has 1 amide bonds. The summed E-state index contributed by atoms with van der Waals surface area (Å²) in [6.07, 6.45) is 0.759. The minimum atomic E-state index is -0.550. The summed E-state index contributed by atoms with van der Waals surface area (Å²) in [5.74, 6) is -0.870. The minimum Gasteiger partial charge on any atom is -0.452 e. The molecular formula is C20H20ClN3O3S. The fourth-order valence-electron chi connectivity index (χ4n) is 2.66. The summed E-state index contributed by atoms with van der Waals surface area (Å²) in [7, 11) is 0. The number of thiophene rings is 1. The lowest BCUT2D eigenvalue weighted by atomic mass is 10.2. The number of rotatable bonds is 7. The number of halogens is 1. The number of nitrogens with one attached hydrogen (secondary N) is 1. The van der Waals surface area contributed by atoms with Crippen molar-refractivity contribution in [3.8, 4) is 5.69 Å². The van der Waals surface area contributed by atoms with Crippen molar-refractivity contribution in [2.75, 3.05) is 13.2 Å². The van der Waals surface area contributed by atoms with Crippen molar-refractivity contribution in [2.45, 2.75) is 20.3 Å². The van der Waals surface area contributed by atoms with E-state index in [0.717, 1.165) is 23.5 Å². The standard InChI is InChI=1S/C20H20ClN3O3S/c1-13-19(21)14(2)24(23-13)16-7-5-15(6-8-16)20(26)27-12-18(25)22-10-9-17-4-3-11-28-17/h3-8,11H,9-10,12H2,1-2H3,(H,22,25). The second kappa shape index (κ2) is 9.03. The summed E-state index contributed by atoms with van der Waals surface area (Å²) in [5.41, 5.74) is 2.72. The van der Waals surface area contributed by atoms with Crippen LogP contribution in [0.5, 0.6) is 0 Å². The third kappa shape index (κ3) is 4.79. The third-order valence-electron chi connectivity index (χ3n) is 4.16. The number of carbonyl (C=O) groups excluding carboxylic acids is 2. The van der Waals surface area contributed by atoms with Gasteiger partial charge >= 0.3 is 5.97 Å². The second-order valence-corrected chi connectivity index (χ2v) is 7.61. The van der Waals surface area contributed by atoms with Gasteiger partial charge in [0.15, 0.2) is 6.61 Å². The largest absolute Gasteiger partial charge is 0.452 e. The topological polar surface area (TPSA) is 73.2 Å². The van der Waals surface area contributed by atoms with Gasteiger partial charge in [0, 0.05) is 11.4 Å². The molecule has 0 aliphatic heterocycles. The number of benzene rings is 1. The molecule has 8 heteroatoms. The molecule has 0 unspecified atom stereocenters. The van der Waals surface area contributed by atoms with E-state index in [0.29, 0.717) is 17.1 Å². The first-order valence-corrected chi connectivity index (χ1v) is 10.00. The normalized spacial score (nSPS) is 10.7. The van der Waals surface area contributed by atoms with Crippen molar-refractivity contribution >= 4 is 34.8 Å². The van der Waals surface area contributed by atoms with Gasteiger partial charge in [0.05, 0.1) is 27.7 Å². The highest BCUT2D eigenvalue weighted by molar-refractivity contribution is 7.09. The van der Waals surface area contributed by atoms with Crippen LogP contribution in [0, 0.1) is 13.8 Å². The Kier molecular flexibility index (Phi) is 6.49. The molecule has 3 rings (SSSR count). The first-order valence-electron chi connectivity index (χ1n) is 8.74. The second-order valence-electron chi connectivity index (χ2n) is 6.20. The molecule has 6 nitrogen and oxygen atoms in total. The van der Waals surface area contributed by atoms with Crippen molar-refractivity contribution in [3.05, 3.63) is 68.6 Å². The van der Waals surface area contributed by atoms with Gasteiger partial charge in [0.1, 0.15) is 0 Å². The number of hydrogen-bond donors (Lipinski definition) is 1. The maximum atomic E-state index is 12.1. The minimum absolute atomic E-state index is 0.307. The molecule has 0 fully saturated rings. The summed E-state index contributed by atoms with van der Waals surface area (Å²) in [6, 6.07) is 10.8. The molecule has 0 atom stereocenters. The predicted octanol–water partition coefficient (Wildman–Crippen LogP) is 3.72. The van der Waals surface area contributed by atoms with Crippen LogP contribution in [0.1, 0.15) is 26.6 Å². The Morgan fingerprint density at radius 1 is 1.21 bits per heavy atom. The molecule has 0 radical (unpaired) electrons. The van der Waals surface area contributed by atoms with Gasteiger partial charge in [-0.3, -0.25) is 4.79 Å². The number of hydrogen-bond acceptors (Lipinski definition) is 5. The monoisotopic (exact) mass is 417 g/mol. The Balaban J connectivity index is 1.50. The first kappa shape index (κ1) is 20.1. The van der Waals surface area contributed by atoms with Crippen LogP contribution >= 0.6 is 22.9 Å². The maximum absolute atomic E-state index is 12.1. The number of nitrogens with zero attached hydrogens (tertiary/aromatic N) is 2. The summed E-state index contributed by atoms with van der Waals surface area (Å²) in [6.45, 7) is 3.92. The molecular weight excluding hydrogens is 398 g/mol. The Morgan fingerprint density at radius 3 is 2.57 bits per heavy atom. The SMILES string of the molecule is Cc1nn(-c2ccc(C(=O)OCC(=O)NCCc3cccs3)cc2)c(C)c1Cl. The number of amides is 1. The fraction of sp³-hybridized carbons (Fsp3) is 0.250. The van der Waals surface area contributed by atoms with E-state index in [2.05, 4.69) is 10.4 Å². The zero-order valence-electron chi connectivity index (χ0n) is 15.6. The summed E-state index contributed by atoms with van der Waals surface area (Å²) >= 11 is 7.81. The highest BCUT2D eigenvalue weighted by atomic mass is 35.5. The molecule has 1 aromatic carbocycles. The molecule has 3 aromatic rings. The Morgan fingerprint density at radius 2 is 1.96 bits per heavy atom. The molecule has 0 saturated carbocycles. The molecule has 0 spiro atoms. The van der Waals surface area contributed by atoms with Crippen molar-refractivity contribution in [1.29, 1.82) is 0 Å². The van der Waals surface area contributed by atoms with Crippen LogP contribution in [0.15, 0.2) is 41.8 Å². The van der Waals surface area contributed by atoms with Gasteiger partial charge in [0.2, 0.25) is 0 Å². The smallest absolute Gasteiger partial charge is 0.338 e. The molecule has 0 saturated heterocycles. The zero-order valence-corrected chi connectivity index (χ0v) is 17.1. The highest BCUT2D eigenvalue weighted by Gasteiger charge is 2.13. The average molecular weight is 418 g/mol. The number of ether oxygens (including phenoxy) is 1. The molecule has 0 aliphatic carbocycles. The fourth-order valence-corrected chi connectivity index (χ4v) is 3.49. The van der Waals surface area contributed by atoms with Crippen molar-refractivity contribution < 1.29 is 14.3 Å². The van der Waals surface area contributed by atoms with E-state index >= 15 is 0 Å². The Bertz CT molecular complexity index is 966. The average Bonchev–Trinajstić information content (AvgIpc) is 3.30. The van der Waals surface area contributed by atoms with E-state index in [1.807, 2.05) is 31.4 Å². The number of esters is 1. The van der Waals surface area contributed by atoms with Crippen LogP contribution in [-0.2, 0) is 16.0 Å². The van der Waals surface area contributed by atoms with Gasteiger partial charge in [-0.1, -0.05) is 17.7 Å². The molecule has 28 heavy (non-hydrogen) atoms. The lowest BCUT2D eigenvalue weighted by Crippen LogP contribution is -2.30. The predicted molar refractivity (Wildman–Crippen MR) is 109 cm³/mol. The third-order valence-corrected chi connectivity index (χ3v) is 5.64. The van der Waals surface area contributed by atoms with Gasteiger partial charge in [-0.2, -0.15) is 5.10 Å². The van der Waals surface area contributed by atoms with Crippen LogP contribution < -0.4 is 5.32 Å². The quantitative estimate of drug-likeness (QED) is 0.594. The highest BCUT2D eigenvalue weighted by Crippen LogP contribution is 2.22. The van der Waals surface area contributed by atoms with Crippen molar-refractivity contribution in [2.24, 2.45) is 0 Å². The number of aryl methyl sites for hydroxylation is 1. The summed E-state index contributed by atoms with van der Waals surface area (Å²) in [5, 5.41) is 9.73. The van der Waals surface area contributed by atoms with Gasteiger partial charge in [-0.15, -0.1) is 11.3 Å². The molecule has 2 aromatic heterocycles. The first-order chi connectivity index (χ1) is 13.5. The van der Waals surface area contributed by atoms with E-state index in [1.54, 1.807) is 40.3 Å². The van der Waals surface area contributed by atoms with E-state index in [1.165, 1.54) is 4.88 Å². The molecule has 1 N–H and O–H groups in total. The van der Waals surface area contributed by atoms with Gasteiger partial charge in [0.25, 0.3) is 5.91 Å². The Hall–Kier alpha value is -2.64. The van der Waals surface area contributed by atoms with E-state index in [4.69, 9.17) is 16.3 Å². The van der Waals surface area contributed by atoms with Crippen molar-refractivity contribution in [3.63, 3.8) is 0 Å². The lowest BCUT2D eigenvalue weighted by molar-refractivity contribution is -0.124. The molecule has 0 aliphatic rings. The van der Waals surface area contributed by atoms with Crippen LogP contribution in [-0.4, -0.2) is 34.8 Å².